The average Bonchev–Trinajstić information content (AvgIpc) is 3.07. The van der Waals surface area contributed by atoms with Gasteiger partial charge >= 0.3 is 176 Å². The van der Waals surface area contributed by atoms with E-state index in [4.69, 9.17) is 0 Å². The van der Waals surface area contributed by atoms with Crippen LogP contribution in [0, 0.1) is 5.92 Å². The summed E-state index contributed by atoms with van der Waals surface area (Å²) in [7, 11) is 0. The predicted molar refractivity (Wildman–Crippen MR) is 113 cm³/mol. The standard InChI is InChI=1S/C13H15.C12H19.2FH.Zr/c1-10(2)7-11-8-12-5-3-4-6-13(12)9-11;1-6-7-12-10(4)8(2)9(3)11(12)5;;;/h3-6,8-10H,7H2,1-2H3;6-7H2,1-5H3;2*1H;/q;;;;+2/p-2. The third-order valence-electron chi connectivity index (χ3n) is 7.12. The van der Waals surface area contributed by atoms with Gasteiger partial charge in [0.15, 0.2) is 0 Å². The molecule has 2 unspecified atom stereocenters. The van der Waals surface area contributed by atoms with Crippen LogP contribution < -0.4 is 0 Å². The molecule has 3 rings (SSSR count). The molecule has 0 saturated heterocycles. The van der Waals surface area contributed by atoms with Gasteiger partial charge in [0.1, 0.15) is 0 Å². The molecule has 3 heteroatoms. The van der Waals surface area contributed by atoms with Gasteiger partial charge in [-0.05, 0) is 0 Å². The third kappa shape index (κ3) is 3.17. The van der Waals surface area contributed by atoms with Gasteiger partial charge in [0.05, 0.1) is 0 Å². The monoisotopic (exact) mass is 462 g/mol. The van der Waals surface area contributed by atoms with E-state index in [1.807, 2.05) is 45.0 Å². The summed E-state index contributed by atoms with van der Waals surface area (Å²) in [6.07, 6.45) is 4.53. The quantitative estimate of drug-likeness (QED) is 0.395. The molecule has 0 spiro atoms. The van der Waals surface area contributed by atoms with E-state index in [9.17, 15) is 0 Å². The Morgan fingerprint density at radius 1 is 1.07 bits per heavy atom. The summed E-state index contributed by atoms with van der Waals surface area (Å²) >= 11 is -5.74. The normalized spacial score (nSPS) is 25.1. The Hall–Kier alpha value is -0.817. The zero-order chi connectivity index (χ0) is 20.9. The van der Waals surface area contributed by atoms with Crippen LogP contribution in [-0.4, -0.2) is 0 Å². The first kappa shape index (κ1) is 21.9. The summed E-state index contributed by atoms with van der Waals surface area (Å²) in [6.45, 7) is 14.3. The first-order valence-corrected chi connectivity index (χ1v) is 15.1. The molecule has 0 N–H and O–H groups in total. The van der Waals surface area contributed by atoms with Crippen LogP contribution in [0.4, 0.5) is 5.25 Å². The average molecular weight is 464 g/mol. The number of hydrogen-bond acceptors (Lipinski definition) is 0. The van der Waals surface area contributed by atoms with E-state index in [0.29, 0.717) is 5.92 Å². The van der Waals surface area contributed by atoms with E-state index >= 15 is 5.25 Å². The van der Waals surface area contributed by atoms with Gasteiger partial charge in [-0.1, -0.05) is 0 Å². The molecule has 28 heavy (non-hydrogen) atoms. The van der Waals surface area contributed by atoms with Crippen molar-refractivity contribution in [3.05, 3.63) is 63.3 Å². The van der Waals surface area contributed by atoms with Crippen LogP contribution in [0.5, 0.6) is 0 Å². The second-order valence-electron chi connectivity index (χ2n) is 9.23. The van der Waals surface area contributed by atoms with Crippen LogP contribution in [0.2, 0.25) is 3.12 Å². The van der Waals surface area contributed by atoms with Gasteiger partial charge in [-0.2, -0.15) is 0 Å². The van der Waals surface area contributed by atoms with Crippen LogP contribution in [0.25, 0.3) is 6.08 Å². The SMILES string of the molecule is CCCC1=C(C)C(C)=C(C)[C]1(C)[Zr]([F])([F])[CH]1C(CC(C)C)=Cc2ccccc21. The first-order chi connectivity index (χ1) is 13.1. The van der Waals surface area contributed by atoms with Crippen molar-refractivity contribution in [3.8, 4) is 0 Å². The molecule has 2 atom stereocenters. The summed E-state index contributed by atoms with van der Waals surface area (Å²) in [5.41, 5.74) is 7.05. The number of rotatable bonds is 6. The molecule has 0 radical (unpaired) electrons. The molecular weight excluding hydrogens is 429 g/mol. The zero-order valence-electron chi connectivity index (χ0n) is 18.4. The summed E-state index contributed by atoms with van der Waals surface area (Å²) in [6, 6.07) is 7.86. The van der Waals surface area contributed by atoms with E-state index in [0.717, 1.165) is 58.3 Å². The van der Waals surface area contributed by atoms with Gasteiger partial charge in [-0.15, -0.1) is 0 Å². The molecule has 152 valence electrons. The van der Waals surface area contributed by atoms with Gasteiger partial charge in [0.2, 0.25) is 0 Å². The van der Waals surface area contributed by atoms with Crippen LogP contribution in [-0.2, 0) is 21.5 Å². The molecular formula is C25H34F2Zr. The Kier molecular flexibility index (Phi) is 6.08. The Morgan fingerprint density at radius 2 is 1.71 bits per heavy atom. The van der Waals surface area contributed by atoms with Gasteiger partial charge in [-0.25, -0.2) is 0 Å². The van der Waals surface area contributed by atoms with Crippen LogP contribution in [0.15, 0.2) is 52.1 Å². The Balaban J connectivity index is 2.19. The fourth-order valence-corrected chi connectivity index (χ4v) is 13.5. The second-order valence-corrected chi connectivity index (χ2v) is 16.2. The molecule has 0 heterocycles. The number of allylic oxidation sites excluding steroid dienone is 5. The van der Waals surface area contributed by atoms with Crippen molar-refractivity contribution in [2.45, 2.75) is 74.5 Å². The fraction of sp³-hybridized carbons (Fsp3) is 0.520. The minimum atomic E-state index is -5.74. The minimum absolute atomic E-state index is 0.382. The van der Waals surface area contributed by atoms with E-state index in [1.54, 1.807) is 0 Å². The van der Waals surface area contributed by atoms with Crippen molar-refractivity contribution in [3.63, 3.8) is 0 Å². The second kappa shape index (κ2) is 7.79. The maximum atomic E-state index is 16.9. The molecule has 0 amide bonds. The van der Waals surface area contributed by atoms with Crippen molar-refractivity contribution in [2.24, 2.45) is 5.92 Å². The Bertz CT molecular complexity index is 872. The fourth-order valence-electron chi connectivity index (χ4n) is 5.38. The van der Waals surface area contributed by atoms with Crippen LogP contribution >= 0.6 is 0 Å². The van der Waals surface area contributed by atoms with Crippen molar-refractivity contribution in [2.75, 3.05) is 0 Å². The van der Waals surface area contributed by atoms with Crippen molar-refractivity contribution < 1.29 is 26.7 Å². The Labute approximate surface area is 176 Å². The van der Waals surface area contributed by atoms with E-state index in [2.05, 4.69) is 33.8 Å². The maximum absolute atomic E-state index is 16.9. The van der Waals surface area contributed by atoms with Gasteiger partial charge in [-0.3, -0.25) is 0 Å². The molecule has 0 aromatic heterocycles. The van der Waals surface area contributed by atoms with E-state index in [1.165, 1.54) is 0 Å². The van der Waals surface area contributed by atoms with Crippen LogP contribution in [0.3, 0.4) is 0 Å². The molecule has 2 aliphatic rings. The van der Waals surface area contributed by atoms with Crippen molar-refractivity contribution >= 4 is 6.08 Å². The zero-order valence-corrected chi connectivity index (χ0v) is 20.9. The van der Waals surface area contributed by atoms with E-state index < -0.39 is 28.2 Å². The predicted octanol–water partition coefficient (Wildman–Crippen LogP) is 8.74. The van der Waals surface area contributed by atoms with Crippen molar-refractivity contribution in [1.29, 1.82) is 0 Å². The van der Waals surface area contributed by atoms with Crippen LogP contribution in [0.1, 0.15) is 82.5 Å². The first-order valence-electron chi connectivity index (χ1n) is 10.6. The molecule has 1 aromatic rings. The molecule has 2 aliphatic carbocycles. The molecule has 0 fully saturated rings. The molecule has 0 nitrogen and oxygen atoms in total. The number of fused-ring (bicyclic) bond motifs is 1. The van der Waals surface area contributed by atoms with E-state index in [-0.39, 0.29) is 0 Å². The topological polar surface area (TPSA) is 0 Å². The van der Waals surface area contributed by atoms with Gasteiger partial charge in [0, 0.05) is 0 Å². The molecule has 1 aromatic carbocycles. The molecule has 0 bridgehead atoms. The summed E-state index contributed by atoms with van der Waals surface area (Å²) in [4.78, 5) is 0. The molecule has 0 saturated carbocycles. The number of hydrogen-bond donors (Lipinski definition) is 0. The summed E-state index contributed by atoms with van der Waals surface area (Å²) < 4.78 is 32.1. The van der Waals surface area contributed by atoms with Crippen molar-refractivity contribution in [1.82, 2.24) is 0 Å². The summed E-state index contributed by atoms with van der Waals surface area (Å²) in [5, 5.41) is 0. The number of halogens is 2. The summed E-state index contributed by atoms with van der Waals surface area (Å²) in [5.74, 6) is 0.382. The van der Waals surface area contributed by atoms with Gasteiger partial charge < -0.3 is 0 Å². The van der Waals surface area contributed by atoms with Gasteiger partial charge in [0.25, 0.3) is 0 Å². The Morgan fingerprint density at radius 3 is 2.32 bits per heavy atom. The number of benzene rings is 1. The third-order valence-corrected chi connectivity index (χ3v) is 15.5. The molecule has 0 aliphatic heterocycles.